The number of hydrogen-bond acceptors (Lipinski definition) is 2. The molecule has 0 heterocycles. The van der Waals surface area contributed by atoms with Gasteiger partial charge in [0, 0.05) is 20.2 Å². The second-order valence-electron chi connectivity index (χ2n) is 5.42. The molecule has 0 aliphatic rings. The van der Waals surface area contributed by atoms with Gasteiger partial charge in [0.25, 0.3) is 0 Å². The molecule has 19 heavy (non-hydrogen) atoms. The molecule has 1 rings (SSSR count). The van der Waals surface area contributed by atoms with Crippen LogP contribution in [0.1, 0.15) is 38.2 Å². The zero-order chi connectivity index (χ0) is 14.1. The predicted octanol–water partition coefficient (Wildman–Crippen LogP) is 3.58. The summed E-state index contributed by atoms with van der Waals surface area (Å²) in [6.45, 7) is 6.87. The SMILES string of the molecule is COCCNCC(CCC(C)C)c1cccc(F)c1. The van der Waals surface area contributed by atoms with Crippen LogP contribution in [0.2, 0.25) is 0 Å². The van der Waals surface area contributed by atoms with Crippen LogP contribution in [-0.4, -0.2) is 26.8 Å². The summed E-state index contributed by atoms with van der Waals surface area (Å²) in [5, 5.41) is 3.38. The summed E-state index contributed by atoms with van der Waals surface area (Å²) in [4.78, 5) is 0. The summed E-state index contributed by atoms with van der Waals surface area (Å²) < 4.78 is 18.4. The maximum Gasteiger partial charge on any atom is 0.123 e. The van der Waals surface area contributed by atoms with Gasteiger partial charge in [-0.05, 0) is 36.0 Å². The fourth-order valence-corrected chi connectivity index (χ4v) is 2.13. The number of halogens is 1. The van der Waals surface area contributed by atoms with Crippen LogP contribution in [0.4, 0.5) is 4.39 Å². The third kappa shape index (κ3) is 6.69. The third-order valence-corrected chi connectivity index (χ3v) is 3.29. The van der Waals surface area contributed by atoms with Gasteiger partial charge in [-0.15, -0.1) is 0 Å². The fourth-order valence-electron chi connectivity index (χ4n) is 2.13. The summed E-state index contributed by atoms with van der Waals surface area (Å²) in [6.07, 6.45) is 2.24. The molecule has 0 aliphatic heterocycles. The Hall–Kier alpha value is -0.930. The second-order valence-corrected chi connectivity index (χ2v) is 5.42. The molecule has 0 saturated heterocycles. The highest BCUT2D eigenvalue weighted by atomic mass is 19.1. The lowest BCUT2D eigenvalue weighted by molar-refractivity contribution is 0.198. The average Bonchev–Trinajstić information content (AvgIpc) is 2.37. The van der Waals surface area contributed by atoms with Gasteiger partial charge in [-0.1, -0.05) is 32.4 Å². The molecule has 0 spiro atoms. The van der Waals surface area contributed by atoms with E-state index in [0.29, 0.717) is 18.4 Å². The minimum Gasteiger partial charge on any atom is -0.383 e. The molecule has 1 aromatic carbocycles. The molecule has 0 amide bonds. The largest absolute Gasteiger partial charge is 0.383 e. The van der Waals surface area contributed by atoms with Crippen molar-refractivity contribution in [2.24, 2.45) is 5.92 Å². The predicted molar refractivity (Wildman–Crippen MR) is 78.0 cm³/mol. The van der Waals surface area contributed by atoms with Crippen LogP contribution in [0.3, 0.4) is 0 Å². The monoisotopic (exact) mass is 267 g/mol. The van der Waals surface area contributed by atoms with Crippen molar-refractivity contribution in [3.63, 3.8) is 0 Å². The maximum atomic E-state index is 13.3. The molecule has 108 valence electrons. The van der Waals surface area contributed by atoms with Gasteiger partial charge in [0.15, 0.2) is 0 Å². The smallest absolute Gasteiger partial charge is 0.123 e. The zero-order valence-electron chi connectivity index (χ0n) is 12.3. The first-order valence-corrected chi connectivity index (χ1v) is 7.08. The Morgan fingerprint density at radius 3 is 2.68 bits per heavy atom. The summed E-state index contributed by atoms with van der Waals surface area (Å²) in [5.41, 5.74) is 1.09. The summed E-state index contributed by atoms with van der Waals surface area (Å²) >= 11 is 0. The van der Waals surface area contributed by atoms with Crippen molar-refractivity contribution in [3.8, 4) is 0 Å². The molecule has 0 radical (unpaired) electrons. The molecule has 1 atom stereocenters. The molecule has 1 aromatic rings. The molecule has 0 aliphatic carbocycles. The van der Waals surface area contributed by atoms with Crippen LogP contribution in [0.5, 0.6) is 0 Å². The van der Waals surface area contributed by atoms with Gasteiger partial charge in [-0.2, -0.15) is 0 Å². The van der Waals surface area contributed by atoms with Crippen LogP contribution in [0.25, 0.3) is 0 Å². The van der Waals surface area contributed by atoms with Crippen LogP contribution in [0.15, 0.2) is 24.3 Å². The van der Waals surface area contributed by atoms with Crippen LogP contribution in [0, 0.1) is 11.7 Å². The lowest BCUT2D eigenvalue weighted by atomic mass is 9.91. The molecular formula is C16H26FNO. The van der Waals surface area contributed by atoms with E-state index < -0.39 is 0 Å². The highest BCUT2D eigenvalue weighted by Gasteiger charge is 2.12. The molecule has 0 fully saturated rings. The van der Waals surface area contributed by atoms with E-state index in [0.717, 1.165) is 31.5 Å². The number of ether oxygens (including phenoxy) is 1. The Kier molecular flexibility index (Phi) is 7.68. The Morgan fingerprint density at radius 2 is 2.05 bits per heavy atom. The summed E-state index contributed by atoms with van der Waals surface area (Å²) in [6, 6.07) is 6.97. The van der Waals surface area contributed by atoms with E-state index in [2.05, 4.69) is 19.2 Å². The van der Waals surface area contributed by atoms with Gasteiger partial charge in [-0.25, -0.2) is 4.39 Å². The van der Waals surface area contributed by atoms with Crippen LogP contribution >= 0.6 is 0 Å². The molecule has 0 bridgehead atoms. The van der Waals surface area contributed by atoms with Gasteiger partial charge >= 0.3 is 0 Å². The van der Waals surface area contributed by atoms with Gasteiger partial charge in [-0.3, -0.25) is 0 Å². The first-order chi connectivity index (χ1) is 9.13. The first kappa shape index (κ1) is 16.1. The third-order valence-electron chi connectivity index (χ3n) is 3.29. The van der Waals surface area contributed by atoms with E-state index in [-0.39, 0.29) is 5.82 Å². The lowest BCUT2D eigenvalue weighted by Crippen LogP contribution is -2.25. The van der Waals surface area contributed by atoms with Crippen molar-refractivity contribution in [3.05, 3.63) is 35.6 Å². The van der Waals surface area contributed by atoms with E-state index in [1.807, 2.05) is 6.07 Å². The number of nitrogens with one attached hydrogen (secondary N) is 1. The van der Waals surface area contributed by atoms with Gasteiger partial charge in [0.1, 0.15) is 5.82 Å². The molecular weight excluding hydrogens is 241 g/mol. The van der Waals surface area contributed by atoms with Crippen molar-refractivity contribution in [2.45, 2.75) is 32.6 Å². The van der Waals surface area contributed by atoms with Crippen LogP contribution in [-0.2, 0) is 4.74 Å². The van der Waals surface area contributed by atoms with E-state index in [1.54, 1.807) is 19.2 Å². The maximum absolute atomic E-state index is 13.3. The van der Waals surface area contributed by atoms with Gasteiger partial charge in [0.05, 0.1) is 6.61 Å². The zero-order valence-corrected chi connectivity index (χ0v) is 12.3. The van der Waals surface area contributed by atoms with E-state index in [4.69, 9.17) is 4.74 Å². The lowest BCUT2D eigenvalue weighted by Gasteiger charge is -2.19. The number of methoxy groups -OCH3 is 1. The molecule has 0 saturated carbocycles. The second kappa shape index (κ2) is 9.05. The van der Waals surface area contributed by atoms with Crippen molar-refractivity contribution < 1.29 is 9.13 Å². The minimum absolute atomic E-state index is 0.149. The van der Waals surface area contributed by atoms with E-state index >= 15 is 0 Å². The number of benzene rings is 1. The summed E-state index contributed by atoms with van der Waals surface area (Å²) in [5.74, 6) is 0.897. The number of rotatable bonds is 9. The molecule has 2 nitrogen and oxygen atoms in total. The number of hydrogen-bond donors (Lipinski definition) is 1. The van der Waals surface area contributed by atoms with Crippen molar-refractivity contribution in [2.75, 3.05) is 26.8 Å². The Bertz CT molecular complexity index is 354. The summed E-state index contributed by atoms with van der Waals surface area (Å²) in [7, 11) is 1.70. The standard InChI is InChI=1S/C16H26FNO/c1-13(2)7-8-15(12-18-9-10-19-3)14-5-4-6-16(17)11-14/h4-6,11,13,15,18H,7-10,12H2,1-3H3. The quantitative estimate of drug-likeness (QED) is 0.690. The Morgan fingerprint density at radius 1 is 1.26 bits per heavy atom. The topological polar surface area (TPSA) is 21.3 Å². The van der Waals surface area contributed by atoms with Crippen molar-refractivity contribution in [1.82, 2.24) is 5.32 Å². The highest BCUT2D eigenvalue weighted by Crippen LogP contribution is 2.23. The van der Waals surface area contributed by atoms with Gasteiger partial charge in [0.2, 0.25) is 0 Å². The molecule has 1 unspecified atom stereocenters. The average molecular weight is 267 g/mol. The van der Waals surface area contributed by atoms with E-state index in [9.17, 15) is 4.39 Å². The normalized spacial score (nSPS) is 12.9. The van der Waals surface area contributed by atoms with Crippen molar-refractivity contribution >= 4 is 0 Å². The van der Waals surface area contributed by atoms with E-state index in [1.165, 1.54) is 6.07 Å². The molecule has 3 heteroatoms. The fraction of sp³-hybridized carbons (Fsp3) is 0.625. The van der Waals surface area contributed by atoms with Crippen molar-refractivity contribution in [1.29, 1.82) is 0 Å². The molecule has 0 aromatic heterocycles. The van der Waals surface area contributed by atoms with Gasteiger partial charge < -0.3 is 10.1 Å². The molecule has 1 N–H and O–H groups in total. The Labute approximate surface area is 116 Å². The highest BCUT2D eigenvalue weighted by molar-refractivity contribution is 5.21. The first-order valence-electron chi connectivity index (χ1n) is 7.08. The minimum atomic E-state index is -0.149. The van der Waals surface area contributed by atoms with Crippen LogP contribution < -0.4 is 5.32 Å². The Balaban J connectivity index is 2.57.